The molecule has 10 nitrogen and oxygen atoms in total. The van der Waals surface area contributed by atoms with E-state index < -0.39 is 0 Å². The number of tetrazole rings is 1. The van der Waals surface area contributed by atoms with Gasteiger partial charge in [0.15, 0.2) is 0 Å². The fourth-order valence-corrected chi connectivity index (χ4v) is 5.69. The lowest BCUT2D eigenvalue weighted by Gasteiger charge is -2.41. The second-order valence-electron chi connectivity index (χ2n) is 11.9. The molecule has 2 aromatic heterocycles. The highest BCUT2D eigenvalue weighted by atomic mass is 16.5. The van der Waals surface area contributed by atoms with Gasteiger partial charge in [0.25, 0.3) is 11.9 Å². The lowest BCUT2D eigenvalue weighted by Crippen LogP contribution is -2.41. The van der Waals surface area contributed by atoms with Crippen LogP contribution in [0.25, 0.3) is 11.0 Å². The first-order chi connectivity index (χ1) is 19.2. The average Bonchev–Trinajstić information content (AvgIpc) is 3.58. The first-order valence-corrected chi connectivity index (χ1v) is 14.2. The maximum atomic E-state index is 12.6. The highest BCUT2D eigenvalue weighted by molar-refractivity contribution is 6.03. The van der Waals surface area contributed by atoms with Gasteiger partial charge in [-0.1, -0.05) is 44.9 Å². The summed E-state index contributed by atoms with van der Waals surface area (Å²) in [5.74, 6) is 2.43. The number of imidazole rings is 1. The summed E-state index contributed by atoms with van der Waals surface area (Å²) in [6.45, 7) is 10.6. The Morgan fingerprint density at radius 1 is 1.12 bits per heavy atom. The van der Waals surface area contributed by atoms with Crippen molar-refractivity contribution < 1.29 is 9.53 Å². The number of ether oxygens (including phenoxy) is 1. The molecule has 0 bridgehead atoms. The van der Waals surface area contributed by atoms with Gasteiger partial charge in [-0.3, -0.25) is 10.1 Å². The number of benzene rings is 2. The molecule has 4 aromatic rings. The molecule has 1 aliphatic rings. The molecule has 1 saturated carbocycles. The van der Waals surface area contributed by atoms with Gasteiger partial charge in [0.05, 0.1) is 17.6 Å². The van der Waals surface area contributed by atoms with E-state index in [0.717, 1.165) is 53.5 Å². The van der Waals surface area contributed by atoms with E-state index in [1.54, 1.807) is 0 Å². The van der Waals surface area contributed by atoms with Crippen LogP contribution in [0.2, 0.25) is 0 Å². The van der Waals surface area contributed by atoms with Gasteiger partial charge in [0.2, 0.25) is 5.95 Å². The summed E-state index contributed by atoms with van der Waals surface area (Å²) in [5, 5.41) is 16.0. The van der Waals surface area contributed by atoms with Crippen molar-refractivity contribution in [3.05, 3.63) is 53.6 Å². The van der Waals surface area contributed by atoms with Crippen LogP contribution in [0.1, 0.15) is 75.7 Å². The summed E-state index contributed by atoms with van der Waals surface area (Å²) < 4.78 is 8.10. The van der Waals surface area contributed by atoms with Crippen LogP contribution in [0.5, 0.6) is 5.75 Å². The molecule has 0 saturated heterocycles. The number of aromatic nitrogens is 6. The molecule has 212 valence electrons. The lowest BCUT2D eigenvalue weighted by atomic mass is 9.71. The second kappa shape index (κ2) is 11.7. The standard InChI is InChI=1S/C30H40N8O2/c1-6-17-40-24-15-16-25-26(18-24)37(5)29(31-25)38(23-13-11-22(12-14-23)30(2,3)4)19-20-7-9-21(10-8-20)27(39)32-28-33-35-36-34-28/h7-10,15-16,18,22-23H,6,11-14,17,19H2,1-5H3,(H2,32,33,34,35,36,39). The molecule has 2 N–H and O–H groups in total. The summed E-state index contributed by atoms with van der Waals surface area (Å²) in [4.78, 5) is 20.2. The average molecular weight is 545 g/mol. The monoisotopic (exact) mass is 544 g/mol. The van der Waals surface area contributed by atoms with Crippen LogP contribution in [0.15, 0.2) is 42.5 Å². The van der Waals surface area contributed by atoms with Crippen LogP contribution in [-0.2, 0) is 13.6 Å². The van der Waals surface area contributed by atoms with Crippen LogP contribution in [-0.4, -0.2) is 48.7 Å². The third-order valence-electron chi connectivity index (χ3n) is 8.06. The highest BCUT2D eigenvalue weighted by Gasteiger charge is 2.33. The largest absolute Gasteiger partial charge is 0.494 e. The quantitative estimate of drug-likeness (QED) is 0.276. The van der Waals surface area contributed by atoms with E-state index in [-0.39, 0.29) is 11.9 Å². The van der Waals surface area contributed by atoms with Crippen molar-refractivity contribution in [1.29, 1.82) is 0 Å². The zero-order chi connectivity index (χ0) is 28.3. The molecule has 0 atom stereocenters. The molecule has 0 unspecified atom stereocenters. The molecular formula is C30H40N8O2. The molecule has 1 amide bonds. The SMILES string of the molecule is CCCOc1ccc2nc(N(Cc3ccc(C(=O)Nc4nn[nH]n4)cc3)C3CCC(C(C)(C)C)CC3)n(C)c2c1. The number of carbonyl (C=O) groups excluding carboxylic acids is 1. The van der Waals surface area contributed by atoms with Gasteiger partial charge in [-0.2, -0.15) is 5.21 Å². The van der Waals surface area contributed by atoms with Crippen LogP contribution < -0.4 is 15.0 Å². The number of hydrogen-bond acceptors (Lipinski definition) is 7. The molecule has 0 spiro atoms. The Morgan fingerprint density at radius 2 is 1.88 bits per heavy atom. The zero-order valence-electron chi connectivity index (χ0n) is 24.1. The number of fused-ring (bicyclic) bond motifs is 1. The number of anilines is 2. The van der Waals surface area contributed by atoms with E-state index in [4.69, 9.17) is 9.72 Å². The van der Waals surface area contributed by atoms with Gasteiger partial charge < -0.3 is 14.2 Å². The maximum absolute atomic E-state index is 12.6. The lowest BCUT2D eigenvalue weighted by molar-refractivity contribution is 0.102. The van der Waals surface area contributed by atoms with E-state index in [0.29, 0.717) is 30.2 Å². The molecular weight excluding hydrogens is 504 g/mol. The Kier molecular flexibility index (Phi) is 8.04. The number of nitrogens with zero attached hydrogens (tertiary/aromatic N) is 6. The molecule has 0 radical (unpaired) electrons. The molecule has 2 aromatic carbocycles. The number of nitrogens with one attached hydrogen (secondary N) is 2. The summed E-state index contributed by atoms with van der Waals surface area (Å²) in [6, 6.07) is 14.2. The van der Waals surface area contributed by atoms with Gasteiger partial charge >= 0.3 is 0 Å². The Bertz CT molecular complexity index is 1410. The molecule has 0 aliphatic heterocycles. The summed E-state index contributed by atoms with van der Waals surface area (Å²) in [5.41, 5.74) is 4.00. The Morgan fingerprint density at radius 3 is 2.52 bits per heavy atom. The Hall–Kier alpha value is -3.95. The number of aromatic amines is 1. The van der Waals surface area contributed by atoms with E-state index in [1.807, 2.05) is 30.3 Å². The zero-order valence-corrected chi connectivity index (χ0v) is 24.1. The molecule has 1 aliphatic carbocycles. The van der Waals surface area contributed by atoms with Gasteiger partial charge in [-0.15, -0.1) is 5.10 Å². The summed E-state index contributed by atoms with van der Waals surface area (Å²) in [7, 11) is 2.09. The highest BCUT2D eigenvalue weighted by Crippen LogP contribution is 2.40. The minimum Gasteiger partial charge on any atom is -0.494 e. The maximum Gasteiger partial charge on any atom is 0.270 e. The van der Waals surface area contributed by atoms with Crippen LogP contribution in [0.4, 0.5) is 11.9 Å². The molecule has 2 heterocycles. The smallest absolute Gasteiger partial charge is 0.270 e. The molecule has 40 heavy (non-hydrogen) atoms. The first kappa shape index (κ1) is 27.6. The number of aryl methyl sites for hydroxylation is 1. The minimum absolute atomic E-state index is 0.149. The van der Waals surface area contributed by atoms with Crippen molar-refractivity contribution in [3.63, 3.8) is 0 Å². The fourth-order valence-electron chi connectivity index (χ4n) is 5.69. The Balaban J connectivity index is 1.41. The third-order valence-corrected chi connectivity index (χ3v) is 8.06. The van der Waals surface area contributed by atoms with Crippen LogP contribution in [0, 0.1) is 11.3 Å². The number of rotatable bonds is 9. The van der Waals surface area contributed by atoms with E-state index in [9.17, 15) is 4.79 Å². The predicted molar refractivity (Wildman–Crippen MR) is 156 cm³/mol. The van der Waals surface area contributed by atoms with E-state index in [2.05, 4.69) is 82.3 Å². The fraction of sp³-hybridized carbons (Fsp3) is 0.500. The number of H-pyrrole nitrogens is 1. The summed E-state index contributed by atoms with van der Waals surface area (Å²) in [6.07, 6.45) is 5.64. The second-order valence-corrected chi connectivity index (χ2v) is 11.9. The number of hydrogen-bond donors (Lipinski definition) is 2. The van der Waals surface area contributed by atoms with Crippen molar-refractivity contribution in [2.45, 2.75) is 72.4 Å². The van der Waals surface area contributed by atoms with Crippen LogP contribution >= 0.6 is 0 Å². The van der Waals surface area contributed by atoms with Crippen molar-refractivity contribution in [2.75, 3.05) is 16.8 Å². The van der Waals surface area contributed by atoms with Gasteiger partial charge in [-0.05, 0) is 78.5 Å². The van der Waals surface area contributed by atoms with Crippen molar-refractivity contribution in [1.82, 2.24) is 30.2 Å². The van der Waals surface area contributed by atoms with Crippen LogP contribution in [0.3, 0.4) is 0 Å². The topological polar surface area (TPSA) is 114 Å². The van der Waals surface area contributed by atoms with Crippen molar-refractivity contribution >= 4 is 28.8 Å². The van der Waals surface area contributed by atoms with E-state index >= 15 is 0 Å². The van der Waals surface area contributed by atoms with Gasteiger partial charge in [0.1, 0.15) is 5.75 Å². The van der Waals surface area contributed by atoms with Gasteiger partial charge in [-0.25, -0.2) is 4.98 Å². The Labute approximate surface area is 235 Å². The number of carbonyl (C=O) groups is 1. The predicted octanol–water partition coefficient (Wildman–Crippen LogP) is 5.74. The molecule has 1 fully saturated rings. The minimum atomic E-state index is -0.276. The normalized spacial score (nSPS) is 17.6. The molecule has 10 heteroatoms. The van der Waals surface area contributed by atoms with E-state index in [1.165, 1.54) is 12.8 Å². The van der Waals surface area contributed by atoms with Crippen molar-refractivity contribution in [2.24, 2.45) is 18.4 Å². The summed E-state index contributed by atoms with van der Waals surface area (Å²) >= 11 is 0. The number of amides is 1. The third kappa shape index (κ3) is 6.11. The van der Waals surface area contributed by atoms with Gasteiger partial charge in [0, 0.05) is 31.3 Å². The first-order valence-electron chi connectivity index (χ1n) is 14.2. The molecule has 5 rings (SSSR count). The van der Waals surface area contributed by atoms with Crippen molar-refractivity contribution in [3.8, 4) is 5.75 Å².